The van der Waals surface area contributed by atoms with Gasteiger partial charge in [-0.15, -0.1) is 0 Å². The first kappa shape index (κ1) is 12.7. The standard InChI is InChI=1S/C12H24N2O/c1-11(2,3)14-8-9(13(6)7)10(15)12(14,4)5/h9H,8H2,1-7H3. The normalized spacial score (nSPS) is 27.7. The van der Waals surface area contributed by atoms with Gasteiger partial charge in [0.1, 0.15) is 0 Å². The van der Waals surface area contributed by atoms with Gasteiger partial charge in [0.25, 0.3) is 0 Å². The van der Waals surface area contributed by atoms with Crippen molar-refractivity contribution in [2.45, 2.75) is 51.7 Å². The third kappa shape index (κ3) is 2.08. The molecule has 0 aromatic rings. The lowest BCUT2D eigenvalue weighted by Crippen LogP contribution is -2.52. The highest BCUT2D eigenvalue weighted by Gasteiger charge is 2.50. The molecular weight excluding hydrogens is 188 g/mol. The first-order chi connectivity index (χ1) is 6.58. The zero-order valence-electron chi connectivity index (χ0n) is 11.1. The van der Waals surface area contributed by atoms with E-state index in [1.807, 2.05) is 32.8 Å². The molecule has 3 nitrogen and oxygen atoms in total. The highest BCUT2D eigenvalue weighted by molar-refractivity contribution is 5.94. The predicted molar refractivity (Wildman–Crippen MR) is 63.0 cm³/mol. The van der Waals surface area contributed by atoms with E-state index in [1.54, 1.807) is 0 Å². The Bertz CT molecular complexity index is 263. The molecule has 0 radical (unpaired) electrons. The topological polar surface area (TPSA) is 23.6 Å². The molecule has 1 unspecified atom stereocenters. The lowest BCUT2D eigenvalue weighted by Gasteiger charge is -2.40. The molecule has 1 aliphatic heterocycles. The summed E-state index contributed by atoms with van der Waals surface area (Å²) in [6.07, 6.45) is 0. The number of hydrogen-bond donors (Lipinski definition) is 0. The smallest absolute Gasteiger partial charge is 0.170 e. The lowest BCUT2D eigenvalue weighted by atomic mass is 9.94. The maximum Gasteiger partial charge on any atom is 0.170 e. The molecule has 0 aliphatic carbocycles. The summed E-state index contributed by atoms with van der Waals surface area (Å²) in [5.41, 5.74) is -0.295. The van der Waals surface area contributed by atoms with Crippen LogP contribution in [0.15, 0.2) is 0 Å². The molecule has 0 aromatic carbocycles. The Morgan fingerprint density at radius 1 is 1.33 bits per heavy atom. The molecule has 0 N–H and O–H groups in total. The van der Waals surface area contributed by atoms with E-state index in [4.69, 9.17) is 0 Å². The highest BCUT2D eigenvalue weighted by atomic mass is 16.1. The second kappa shape index (κ2) is 3.56. The van der Waals surface area contributed by atoms with Crippen LogP contribution < -0.4 is 0 Å². The fourth-order valence-electron chi connectivity index (χ4n) is 2.54. The Labute approximate surface area is 93.4 Å². The molecule has 0 bridgehead atoms. The number of hydrogen-bond acceptors (Lipinski definition) is 3. The van der Waals surface area contributed by atoms with Gasteiger partial charge in [-0.25, -0.2) is 0 Å². The minimum atomic E-state index is -0.340. The van der Waals surface area contributed by atoms with Crippen molar-refractivity contribution in [2.24, 2.45) is 0 Å². The molecule has 15 heavy (non-hydrogen) atoms. The van der Waals surface area contributed by atoms with Crippen LogP contribution in [-0.4, -0.2) is 53.3 Å². The molecule has 1 aliphatic rings. The average molecular weight is 212 g/mol. The van der Waals surface area contributed by atoms with E-state index in [9.17, 15) is 4.79 Å². The molecule has 0 spiro atoms. The van der Waals surface area contributed by atoms with Gasteiger partial charge in [0, 0.05) is 12.1 Å². The fraction of sp³-hybridized carbons (Fsp3) is 0.917. The van der Waals surface area contributed by atoms with Gasteiger partial charge < -0.3 is 0 Å². The van der Waals surface area contributed by atoms with Crippen molar-refractivity contribution in [1.82, 2.24) is 9.80 Å². The summed E-state index contributed by atoms with van der Waals surface area (Å²) in [5, 5.41) is 0. The largest absolute Gasteiger partial charge is 0.299 e. The van der Waals surface area contributed by atoms with Crippen LogP contribution in [-0.2, 0) is 4.79 Å². The molecule has 0 aromatic heterocycles. The lowest BCUT2D eigenvalue weighted by molar-refractivity contribution is -0.127. The van der Waals surface area contributed by atoms with Gasteiger partial charge in [-0.1, -0.05) is 0 Å². The number of carbonyl (C=O) groups excluding carboxylic acids is 1. The number of ketones is 1. The molecule has 0 saturated carbocycles. The molecule has 0 amide bonds. The summed E-state index contributed by atoms with van der Waals surface area (Å²) >= 11 is 0. The number of likely N-dealkylation sites (tertiary alicyclic amines) is 1. The van der Waals surface area contributed by atoms with Gasteiger partial charge in [-0.05, 0) is 48.7 Å². The van der Waals surface area contributed by atoms with E-state index >= 15 is 0 Å². The fourth-order valence-corrected chi connectivity index (χ4v) is 2.54. The second-order valence-electron chi connectivity index (χ2n) is 6.18. The quantitative estimate of drug-likeness (QED) is 0.656. The van der Waals surface area contributed by atoms with Crippen molar-refractivity contribution in [1.29, 1.82) is 0 Å². The van der Waals surface area contributed by atoms with Crippen molar-refractivity contribution in [3.8, 4) is 0 Å². The SMILES string of the molecule is CN(C)C1CN(C(C)(C)C)C(C)(C)C1=O. The number of likely N-dealkylation sites (N-methyl/N-ethyl adjacent to an activating group) is 1. The summed E-state index contributed by atoms with van der Waals surface area (Å²) in [6, 6.07) is 0.0409. The van der Waals surface area contributed by atoms with Crippen LogP contribution in [0.5, 0.6) is 0 Å². The summed E-state index contributed by atoms with van der Waals surface area (Å²) in [5.74, 6) is 0.336. The average Bonchev–Trinajstić information content (AvgIpc) is 2.22. The van der Waals surface area contributed by atoms with Crippen molar-refractivity contribution in [3.05, 3.63) is 0 Å². The van der Waals surface area contributed by atoms with Crippen molar-refractivity contribution in [2.75, 3.05) is 20.6 Å². The minimum absolute atomic E-state index is 0.0409. The van der Waals surface area contributed by atoms with E-state index < -0.39 is 0 Å². The Morgan fingerprint density at radius 3 is 2.00 bits per heavy atom. The van der Waals surface area contributed by atoms with Gasteiger partial charge >= 0.3 is 0 Å². The number of carbonyl (C=O) groups is 1. The zero-order valence-corrected chi connectivity index (χ0v) is 11.1. The maximum absolute atomic E-state index is 12.2. The Balaban J connectivity index is 3.01. The molecule has 1 atom stereocenters. The van der Waals surface area contributed by atoms with Crippen LogP contribution >= 0.6 is 0 Å². The highest BCUT2D eigenvalue weighted by Crippen LogP contribution is 2.33. The van der Waals surface area contributed by atoms with Gasteiger partial charge in [-0.2, -0.15) is 0 Å². The molecule has 1 fully saturated rings. The molecule has 88 valence electrons. The molecule has 1 heterocycles. The summed E-state index contributed by atoms with van der Waals surface area (Å²) in [4.78, 5) is 16.6. The number of Topliss-reactive ketones (excluding diaryl/α,β-unsaturated/α-hetero) is 1. The number of nitrogens with zero attached hydrogens (tertiary/aromatic N) is 2. The van der Waals surface area contributed by atoms with Crippen LogP contribution in [0.25, 0.3) is 0 Å². The van der Waals surface area contributed by atoms with Gasteiger partial charge in [-0.3, -0.25) is 14.6 Å². The van der Waals surface area contributed by atoms with Gasteiger partial charge in [0.05, 0.1) is 11.6 Å². The first-order valence-corrected chi connectivity index (χ1v) is 5.57. The van der Waals surface area contributed by atoms with E-state index in [2.05, 4.69) is 25.7 Å². The summed E-state index contributed by atoms with van der Waals surface area (Å²) in [6.45, 7) is 11.4. The van der Waals surface area contributed by atoms with Crippen molar-refractivity contribution < 1.29 is 4.79 Å². The molecular formula is C12H24N2O. The van der Waals surface area contributed by atoms with Gasteiger partial charge in [0.2, 0.25) is 0 Å². The van der Waals surface area contributed by atoms with Crippen LogP contribution in [0.3, 0.4) is 0 Å². The van der Waals surface area contributed by atoms with Crippen molar-refractivity contribution >= 4 is 5.78 Å². The van der Waals surface area contributed by atoms with Crippen LogP contribution in [0.2, 0.25) is 0 Å². The molecule has 1 saturated heterocycles. The van der Waals surface area contributed by atoms with E-state index in [1.165, 1.54) is 0 Å². The van der Waals surface area contributed by atoms with E-state index in [0.29, 0.717) is 5.78 Å². The maximum atomic E-state index is 12.2. The van der Waals surface area contributed by atoms with Gasteiger partial charge in [0.15, 0.2) is 5.78 Å². The monoisotopic (exact) mass is 212 g/mol. The summed E-state index contributed by atoms with van der Waals surface area (Å²) < 4.78 is 0. The van der Waals surface area contributed by atoms with Crippen LogP contribution in [0.1, 0.15) is 34.6 Å². The Morgan fingerprint density at radius 2 is 1.80 bits per heavy atom. The minimum Gasteiger partial charge on any atom is -0.299 e. The molecule has 3 heteroatoms. The van der Waals surface area contributed by atoms with E-state index in [-0.39, 0.29) is 17.1 Å². The predicted octanol–water partition coefficient (Wildman–Crippen LogP) is 1.38. The number of rotatable bonds is 1. The summed E-state index contributed by atoms with van der Waals surface area (Å²) in [7, 11) is 3.95. The van der Waals surface area contributed by atoms with Crippen LogP contribution in [0.4, 0.5) is 0 Å². The van der Waals surface area contributed by atoms with Crippen LogP contribution in [0, 0.1) is 0 Å². The third-order valence-corrected chi connectivity index (χ3v) is 3.37. The van der Waals surface area contributed by atoms with Crippen molar-refractivity contribution in [3.63, 3.8) is 0 Å². The Kier molecular flexibility index (Phi) is 3.01. The Hall–Kier alpha value is -0.410. The molecule has 1 rings (SSSR count). The third-order valence-electron chi connectivity index (χ3n) is 3.37. The van der Waals surface area contributed by atoms with E-state index in [0.717, 1.165) is 6.54 Å². The zero-order chi connectivity index (χ0) is 12.0. The first-order valence-electron chi connectivity index (χ1n) is 5.57. The second-order valence-corrected chi connectivity index (χ2v) is 6.18.